The number of nitrogens with zero attached hydrogens (tertiary/aromatic N) is 2. The highest BCUT2D eigenvalue weighted by molar-refractivity contribution is 7.17. The summed E-state index contributed by atoms with van der Waals surface area (Å²) in [6.07, 6.45) is 0.509. The van der Waals surface area contributed by atoms with E-state index in [1.54, 1.807) is 0 Å². The summed E-state index contributed by atoms with van der Waals surface area (Å²) in [7, 11) is 0. The van der Waals surface area contributed by atoms with E-state index in [4.69, 9.17) is 5.11 Å². The molecule has 0 unspecified atom stereocenters. The molecule has 3 aromatic rings. The van der Waals surface area contributed by atoms with Crippen LogP contribution in [0.3, 0.4) is 0 Å². The molecule has 2 heterocycles. The normalized spacial score (nSPS) is 11.4. The maximum atomic E-state index is 12.9. The van der Waals surface area contributed by atoms with E-state index >= 15 is 0 Å². The Morgan fingerprint density at radius 3 is 2.52 bits per heavy atom. The third kappa shape index (κ3) is 3.22. The number of carboxylic acids is 1. The molecule has 2 aromatic heterocycles. The van der Waals surface area contributed by atoms with E-state index in [1.807, 2.05) is 24.4 Å². The molecule has 0 saturated heterocycles. The molecular weight excluding hydrogens is 336 g/mol. The number of aliphatic carboxylic acids is 1. The number of fused-ring (bicyclic) bond motifs is 1. The maximum Gasteiger partial charge on any atom is 0.323 e. The minimum atomic E-state index is -1.05. The fraction of sp³-hybridized carbons (Fsp3) is 0.316. The summed E-state index contributed by atoms with van der Waals surface area (Å²) in [4.78, 5) is 29.3. The average Bonchev–Trinajstić information content (AvgIpc) is 3.01. The van der Waals surface area contributed by atoms with Gasteiger partial charge in [0.25, 0.3) is 5.56 Å². The second-order valence-electron chi connectivity index (χ2n) is 6.27. The SMILES string of the molecule is CCc1nc2scc(-c3ccc(C(C)C)cc3)c2c(=O)n1CC(=O)O. The molecule has 0 fully saturated rings. The molecule has 0 aliphatic rings. The zero-order valence-corrected chi connectivity index (χ0v) is 15.3. The number of rotatable bonds is 5. The van der Waals surface area contributed by atoms with Gasteiger partial charge in [-0.15, -0.1) is 11.3 Å². The molecule has 1 aromatic carbocycles. The summed E-state index contributed by atoms with van der Waals surface area (Å²) in [5, 5.41) is 11.5. The van der Waals surface area contributed by atoms with Crippen LogP contribution < -0.4 is 5.56 Å². The van der Waals surface area contributed by atoms with Gasteiger partial charge in [0.15, 0.2) is 0 Å². The molecule has 0 aliphatic heterocycles. The Balaban J connectivity index is 2.20. The van der Waals surface area contributed by atoms with Crippen LogP contribution in [0.2, 0.25) is 0 Å². The van der Waals surface area contributed by atoms with Crippen LogP contribution in [-0.4, -0.2) is 20.6 Å². The van der Waals surface area contributed by atoms with Crippen LogP contribution in [0.15, 0.2) is 34.4 Å². The summed E-state index contributed by atoms with van der Waals surface area (Å²) in [6.45, 7) is 5.77. The molecule has 25 heavy (non-hydrogen) atoms. The van der Waals surface area contributed by atoms with Crippen molar-refractivity contribution in [2.45, 2.75) is 39.7 Å². The van der Waals surface area contributed by atoms with Crippen molar-refractivity contribution < 1.29 is 9.90 Å². The van der Waals surface area contributed by atoms with Crippen molar-refractivity contribution in [2.75, 3.05) is 0 Å². The standard InChI is InChI=1S/C19H20N2O3S/c1-4-15-20-18-17(19(24)21(15)9-16(22)23)14(10-25-18)13-7-5-12(6-8-13)11(2)3/h5-8,10-11H,4,9H2,1-3H3,(H,22,23). The van der Waals surface area contributed by atoms with Crippen LogP contribution in [0.25, 0.3) is 21.3 Å². The van der Waals surface area contributed by atoms with Crippen LogP contribution in [0, 0.1) is 0 Å². The molecule has 0 amide bonds. The maximum absolute atomic E-state index is 12.9. The third-order valence-electron chi connectivity index (χ3n) is 4.27. The number of hydrogen-bond donors (Lipinski definition) is 1. The lowest BCUT2D eigenvalue weighted by molar-refractivity contribution is -0.137. The van der Waals surface area contributed by atoms with Crippen molar-refractivity contribution in [1.29, 1.82) is 0 Å². The highest BCUT2D eigenvalue weighted by atomic mass is 32.1. The largest absolute Gasteiger partial charge is 0.480 e. The van der Waals surface area contributed by atoms with Crippen LogP contribution in [-0.2, 0) is 17.8 Å². The van der Waals surface area contributed by atoms with Gasteiger partial charge in [0.05, 0.1) is 5.39 Å². The quantitative estimate of drug-likeness (QED) is 0.753. The summed E-state index contributed by atoms with van der Waals surface area (Å²) in [6, 6.07) is 8.14. The Hall–Kier alpha value is -2.47. The first-order valence-electron chi connectivity index (χ1n) is 8.25. The van der Waals surface area contributed by atoms with Gasteiger partial charge in [-0.3, -0.25) is 14.2 Å². The summed E-state index contributed by atoms with van der Waals surface area (Å²) < 4.78 is 1.27. The van der Waals surface area contributed by atoms with E-state index in [0.717, 1.165) is 11.1 Å². The van der Waals surface area contributed by atoms with E-state index in [0.29, 0.717) is 28.4 Å². The molecule has 0 bridgehead atoms. The third-order valence-corrected chi connectivity index (χ3v) is 5.14. The van der Waals surface area contributed by atoms with Crippen molar-refractivity contribution in [1.82, 2.24) is 9.55 Å². The lowest BCUT2D eigenvalue weighted by Crippen LogP contribution is -2.28. The fourth-order valence-corrected chi connectivity index (χ4v) is 3.85. The van der Waals surface area contributed by atoms with Crippen LogP contribution in [0.4, 0.5) is 0 Å². The van der Waals surface area contributed by atoms with E-state index < -0.39 is 5.97 Å². The van der Waals surface area contributed by atoms with Crippen molar-refractivity contribution >= 4 is 27.5 Å². The van der Waals surface area contributed by atoms with Gasteiger partial charge < -0.3 is 5.11 Å². The monoisotopic (exact) mass is 356 g/mol. The summed E-state index contributed by atoms with van der Waals surface area (Å²) in [5.74, 6) is -0.102. The predicted octanol–water partition coefficient (Wildman–Crippen LogP) is 3.90. The molecule has 0 radical (unpaired) electrons. The minimum absolute atomic E-state index is 0.284. The Morgan fingerprint density at radius 1 is 1.28 bits per heavy atom. The first-order valence-corrected chi connectivity index (χ1v) is 9.13. The lowest BCUT2D eigenvalue weighted by Gasteiger charge is -2.10. The number of hydrogen-bond acceptors (Lipinski definition) is 4. The van der Waals surface area contributed by atoms with Gasteiger partial charge in [-0.25, -0.2) is 4.98 Å². The number of carbonyl (C=O) groups is 1. The van der Waals surface area contributed by atoms with Gasteiger partial charge in [-0.1, -0.05) is 45.0 Å². The second-order valence-corrected chi connectivity index (χ2v) is 7.13. The molecule has 6 heteroatoms. The van der Waals surface area contributed by atoms with Crippen molar-refractivity contribution in [3.05, 3.63) is 51.4 Å². The first-order chi connectivity index (χ1) is 11.9. The summed E-state index contributed by atoms with van der Waals surface area (Å²) in [5.41, 5.74) is 2.71. The summed E-state index contributed by atoms with van der Waals surface area (Å²) >= 11 is 1.42. The first kappa shape index (κ1) is 17.4. The van der Waals surface area contributed by atoms with Gasteiger partial charge in [0.2, 0.25) is 0 Å². The molecule has 0 atom stereocenters. The zero-order chi connectivity index (χ0) is 18.1. The van der Waals surface area contributed by atoms with Crippen molar-refractivity contribution in [3.8, 4) is 11.1 Å². The minimum Gasteiger partial charge on any atom is -0.480 e. The highest BCUT2D eigenvalue weighted by Gasteiger charge is 2.17. The van der Waals surface area contributed by atoms with Gasteiger partial charge in [-0.05, 0) is 17.0 Å². The zero-order valence-electron chi connectivity index (χ0n) is 14.4. The molecule has 0 aliphatic carbocycles. The van der Waals surface area contributed by atoms with E-state index in [2.05, 4.69) is 31.0 Å². The molecule has 130 valence electrons. The van der Waals surface area contributed by atoms with Gasteiger partial charge >= 0.3 is 5.97 Å². The van der Waals surface area contributed by atoms with Crippen LogP contribution in [0.1, 0.15) is 38.1 Å². The van der Waals surface area contributed by atoms with Gasteiger partial charge in [0, 0.05) is 17.4 Å². The molecule has 0 spiro atoms. The number of carboxylic acid groups (broad SMARTS) is 1. The Kier molecular flexibility index (Phi) is 4.72. The number of aryl methyl sites for hydroxylation is 1. The van der Waals surface area contributed by atoms with Crippen molar-refractivity contribution in [3.63, 3.8) is 0 Å². The second kappa shape index (κ2) is 6.80. The van der Waals surface area contributed by atoms with Crippen LogP contribution in [0.5, 0.6) is 0 Å². The van der Waals surface area contributed by atoms with Gasteiger partial charge in [-0.2, -0.15) is 0 Å². The predicted molar refractivity (Wildman–Crippen MR) is 100 cm³/mol. The Bertz CT molecular complexity index is 984. The van der Waals surface area contributed by atoms with Crippen molar-refractivity contribution in [2.24, 2.45) is 0 Å². The van der Waals surface area contributed by atoms with Crippen LogP contribution >= 0.6 is 11.3 Å². The topological polar surface area (TPSA) is 72.2 Å². The number of thiophene rings is 1. The Morgan fingerprint density at radius 2 is 1.96 bits per heavy atom. The molecule has 1 N–H and O–H groups in total. The Labute approximate surface area is 149 Å². The molecule has 3 rings (SSSR count). The van der Waals surface area contributed by atoms with E-state index in [1.165, 1.54) is 21.5 Å². The van der Waals surface area contributed by atoms with E-state index in [9.17, 15) is 9.59 Å². The highest BCUT2D eigenvalue weighted by Crippen LogP contribution is 2.32. The lowest BCUT2D eigenvalue weighted by atomic mass is 9.99. The number of aromatic nitrogens is 2. The fourth-order valence-electron chi connectivity index (χ4n) is 2.89. The molecule has 5 nitrogen and oxygen atoms in total. The smallest absolute Gasteiger partial charge is 0.323 e. The molecule has 0 saturated carbocycles. The number of benzene rings is 1. The van der Waals surface area contributed by atoms with E-state index in [-0.39, 0.29) is 12.1 Å². The average molecular weight is 356 g/mol. The van der Waals surface area contributed by atoms with Gasteiger partial charge in [0.1, 0.15) is 17.2 Å². The molecular formula is C19H20N2O3S.